The summed E-state index contributed by atoms with van der Waals surface area (Å²) in [7, 11) is 2.25. The first-order valence-corrected chi connectivity index (χ1v) is 5.40. The van der Waals surface area contributed by atoms with Gasteiger partial charge in [0.15, 0.2) is 0 Å². The van der Waals surface area contributed by atoms with Crippen LogP contribution in [-0.4, -0.2) is 37.6 Å². The van der Waals surface area contributed by atoms with E-state index in [-0.39, 0.29) is 0 Å². The van der Waals surface area contributed by atoms with Crippen molar-refractivity contribution in [1.29, 1.82) is 0 Å². The predicted molar refractivity (Wildman–Crippen MR) is 58.0 cm³/mol. The summed E-state index contributed by atoms with van der Waals surface area (Å²) in [4.78, 5) is 2.51. The SMILES string of the molecule is CN1CCCNCC1CC(C)(C)C. The second kappa shape index (κ2) is 4.43. The normalized spacial score (nSPS) is 27.2. The van der Waals surface area contributed by atoms with Gasteiger partial charge in [0, 0.05) is 12.6 Å². The fourth-order valence-electron chi connectivity index (χ4n) is 2.00. The average Bonchev–Trinajstić information content (AvgIpc) is 2.14. The minimum atomic E-state index is 0.449. The number of rotatable bonds is 1. The fraction of sp³-hybridized carbons (Fsp3) is 1.00. The Morgan fingerprint density at radius 3 is 2.69 bits per heavy atom. The van der Waals surface area contributed by atoms with E-state index in [0.29, 0.717) is 5.41 Å². The number of hydrogen-bond acceptors (Lipinski definition) is 2. The van der Waals surface area contributed by atoms with Gasteiger partial charge in [-0.3, -0.25) is 0 Å². The largest absolute Gasteiger partial charge is 0.315 e. The molecular formula is C11H24N2. The highest BCUT2D eigenvalue weighted by Gasteiger charge is 2.22. The Morgan fingerprint density at radius 2 is 2.08 bits per heavy atom. The molecule has 0 aromatic rings. The summed E-state index contributed by atoms with van der Waals surface area (Å²) in [5.74, 6) is 0. The van der Waals surface area contributed by atoms with Crippen LogP contribution in [0.2, 0.25) is 0 Å². The average molecular weight is 184 g/mol. The van der Waals surface area contributed by atoms with Crippen LogP contribution in [0.1, 0.15) is 33.6 Å². The molecule has 0 aromatic heterocycles. The monoisotopic (exact) mass is 184 g/mol. The Bertz CT molecular complexity index is 149. The molecule has 0 saturated carbocycles. The van der Waals surface area contributed by atoms with E-state index in [1.165, 1.54) is 25.9 Å². The van der Waals surface area contributed by atoms with Crippen molar-refractivity contribution in [3.63, 3.8) is 0 Å². The molecule has 1 N–H and O–H groups in total. The van der Waals surface area contributed by atoms with E-state index in [2.05, 4.69) is 38.0 Å². The number of hydrogen-bond donors (Lipinski definition) is 1. The van der Waals surface area contributed by atoms with E-state index in [4.69, 9.17) is 0 Å². The zero-order valence-corrected chi connectivity index (χ0v) is 9.56. The van der Waals surface area contributed by atoms with Crippen molar-refractivity contribution in [2.24, 2.45) is 5.41 Å². The molecule has 2 heteroatoms. The van der Waals surface area contributed by atoms with E-state index >= 15 is 0 Å². The highest BCUT2D eigenvalue weighted by atomic mass is 15.2. The summed E-state index contributed by atoms with van der Waals surface area (Å²) in [5.41, 5.74) is 0.449. The minimum Gasteiger partial charge on any atom is -0.315 e. The minimum absolute atomic E-state index is 0.449. The molecule has 1 heterocycles. The third-order valence-corrected chi connectivity index (χ3v) is 2.72. The molecule has 1 atom stereocenters. The lowest BCUT2D eigenvalue weighted by Crippen LogP contribution is -2.39. The molecule has 78 valence electrons. The van der Waals surface area contributed by atoms with Crippen LogP contribution in [0.4, 0.5) is 0 Å². The molecule has 1 saturated heterocycles. The zero-order valence-electron chi connectivity index (χ0n) is 9.56. The standard InChI is InChI=1S/C11H24N2/c1-11(2,3)8-10-9-12-6-5-7-13(10)4/h10,12H,5-9H2,1-4H3. The highest BCUT2D eigenvalue weighted by Crippen LogP contribution is 2.23. The predicted octanol–water partition coefficient (Wildman–Crippen LogP) is 1.72. The molecule has 0 aromatic carbocycles. The topological polar surface area (TPSA) is 15.3 Å². The summed E-state index contributed by atoms with van der Waals surface area (Å²) < 4.78 is 0. The van der Waals surface area contributed by atoms with Crippen LogP contribution in [0.25, 0.3) is 0 Å². The van der Waals surface area contributed by atoms with E-state index in [1.54, 1.807) is 0 Å². The molecule has 1 aliphatic heterocycles. The lowest BCUT2D eigenvalue weighted by Gasteiger charge is -2.31. The molecule has 0 amide bonds. The van der Waals surface area contributed by atoms with Gasteiger partial charge >= 0.3 is 0 Å². The van der Waals surface area contributed by atoms with Crippen LogP contribution in [-0.2, 0) is 0 Å². The first kappa shape index (κ1) is 11.0. The maximum atomic E-state index is 3.51. The molecule has 0 radical (unpaired) electrons. The zero-order chi connectivity index (χ0) is 9.90. The maximum Gasteiger partial charge on any atom is 0.0222 e. The molecular weight excluding hydrogens is 160 g/mol. The van der Waals surface area contributed by atoms with Gasteiger partial charge in [-0.2, -0.15) is 0 Å². The van der Waals surface area contributed by atoms with Gasteiger partial charge in [0.05, 0.1) is 0 Å². The molecule has 0 aliphatic carbocycles. The van der Waals surface area contributed by atoms with Gasteiger partial charge in [0.1, 0.15) is 0 Å². The van der Waals surface area contributed by atoms with Gasteiger partial charge in [-0.1, -0.05) is 20.8 Å². The lowest BCUT2D eigenvalue weighted by atomic mass is 9.87. The highest BCUT2D eigenvalue weighted by molar-refractivity contribution is 4.80. The molecule has 1 aliphatic rings. The molecule has 1 rings (SSSR count). The van der Waals surface area contributed by atoms with Gasteiger partial charge in [0.25, 0.3) is 0 Å². The van der Waals surface area contributed by atoms with Crippen LogP contribution in [0.3, 0.4) is 0 Å². The van der Waals surface area contributed by atoms with Crippen molar-refractivity contribution >= 4 is 0 Å². The van der Waals surface area contributed by atoms with E-state index in [0.717, 1.165) is 12.6 Å². The van der Waals surface area contributed by atoms with Crippen molar-refractivity contribution in [1.82, 2.24) is 10.2 Å². The summed E-state index contributed by atoms with van der Waals surface area (Å²) in [6, 6.07) is 0.725. The fourth-order valence-corrected chi connectivity index (χ4v) is 2.00. The first-order valence-electron chi connectivity index (χ1n) is 5.40. The van der Waals surface area contributed by atoms with Crippen LogP contribution in [0, 0.1) is 5.41 Å². The Morgan fingerprint density at radius 1 is 1.38 bits per heavy atom. The van der Waals surface area contributed by atoms with E-state index < -0.39 is 0 Å². The molecule has 0 bridgehead atoms. The third-order valence-electron chi connectivity index (χ3n) is 2.72. The van der Waals surface area contributed by atoms with E-state index in [1.807, 2.05) is 0 Å². The van der Waals surface area contributed by atoms with Crippen molar-refractivity contribution in [2.75, 3.05) is 26.7 Å². The molecule has 13 heavy (non-hydrogen) atoms. The number of nitrogens with one attached hydrogen (secondary N) is 1. The Labute approximate surface area is 82.7 Å². The van der Waals surface area contributed by atoms with Crippen molar-refractivity contribution < 1.29 is 0 Å². The molecule has 1 fully saturated rings. The molecule has 0 spiro atoms. The second-order valence-corrected chi connectivity index (χ2v) is 5.46. The summed E-state index contributed by atoms with van der Waals surface area (Å²) in [6.07, 6.45) is 2.58. The van der Waals surface area contributed by atoms with Crippen molar-refractivity contribution in [3.05, 3.63) is 0 Å². The van der Waals surface area contributed by atoms with Crippen molar-refractivity contribution in [2.45, 2.75) is 39.7 Å². The Kier molecular flexibility index (Phi) is 3.74. The summed E-state index contributed by atoms with van der Waals surface area (Å²) >= 11 is 0. The van der Waals surface area contributed by atoms with Crippen LogP contribution >= 0.6 is 0 Å². The van der Waals surface area contributed by atoms with Gasteiger partial charge in [-0.15, -0.1) is 0 Å². The third kappa shape index (κ3) is 4.10. The van der Waals surface area contributed by atoms with Gasteiger partial charge in [-0.05, 0) is 38.4 Å². The van der Waals surface area contributed by atoms with Gasteiger partial charge in [0.2, 0.25) is 0 Å². The van der Waals surface area contributed by atoms with Crippen LogP contribution in [0.15, 0.2) is 0 Å². The molecule has 2 nitrogen and oxygen atoms in total. The number of likely N-dealkylation sites (N-methyl/N-ethyl adjacent to an activating group) is 1. The first-order chi connectivity index (χ1) is 5.99. The lowest BCUT2D eigenvalue weighted by molar-refractivity contribution is 0.190. The quantitative estimate of drug-likeness (QED) is 0.667. The smallest absolute Gasteiger partial charge is 0.0222 e. The van der Waals surface area contributed by atoms with Crippen LogP contribution in [0.5, 0.6) is 0 Å². The maximum absolute atomic E-state index is 3.51. The number of nitrogens with zero attached hydrogens (tertiary/aromatic N) is 1. The van der Waals surface area contributed by atoms with E-state index in [9.17, 15) is 0 Å². The summed E-state index contributed by atoms with van der Waals surface area (Å²) in [5, 5.41) is 3.51. The van der Waals surface area contributed by atoms with Gasteiger partial charge in [-0.25, -0.2) is 0 Å². The Balaban J connectivity index is 2.45. The summed E-state index contributed by atoms with van der Waals surface area (Å²) in [6.45, 7) is 10.6. The Hall–Kier alpha value is -0.0800. The van der Waals surface area contributed by atoms with Crippen molar-refractivity contribution in [3.8, 4) is 0 Å². The second-order valence-electron chi connectivity index (χ2n) is 5.46. The van der Waals surface area contributed by atoms with Gasteiger partial charge < -0.3 is 10.2 Å². The van der Waals surface area contributed by atoms with Crippen LogP contribution < -0.4 is 5.32 Å². The molecule has 1 unspecified atom stereocenters.